The van der Waals surface area contributed by atoms with Gasteiger partial charge in [0, 0.05) is 10.3 Å². The number of methoxy groups -OCH3 is 1. The van der Waals surface area contributed by atoms with E-state index in [0.717, 1.165) is 27.2 Å². The zero-order valence-corrected chi connectivity index (χ0v) is 19.8. The number of aryl methyl sites for hydroxylation is 1. The van der Waals surface area contributed by atoms with Crippen molar-refractivity contribution in [3.05, 3.63) is 90.5 Å². The second-order valence-electron chi connectivity index (χ2n) is 6.80. The molecule has 32 heavy (non-hydrogen) atoms. The minimum absolute atomic E-state index is 0.163. The molecule has 0 aliphatic heterocycles. The van der Waals surface area contributed by atoms with Crippen molar-refractivity contribution >= 4 is 32.8 Å². The molecular formula is C25H25NO4S2. The molecule has 1 aromatic heterocycles. The zero-order chi connectivity index (χ0) is 23.0. The first kappa shape index (κ1) is 23.8. The summed E-state index contributed by atoms with van der Waals surface area (Å²) < 4.78 is 32.5. The number of nitrogens with zero attached hydrogens (tertiary/aromatic N) is 1. The molecule has 0 N–H and O–H groups in total. The topological polar surface area (TPSA) is 65.5 Å². The monoisotopic (exact) mass is 467 g/mol. The molecule has 0 fully saturated rings. The number of pyridine rings is 1. The summed E-state index contributed by atoms with van der Waals surface area (Å²) in [7, 11) is -1.85. The van der Waals surface area contributed by atoms with Crippen LogP contribution in [0.2, 0.25) is 0 Å². The van der Waals surface area contributed by atoms with Gasteiger partial charge in [0.1, 0.15) is 10.8 Å². The van der Waals surface area contributed by atoms with E-state index in [-0.39, 0.29) is 11.5 Å². The second kappa shape index (κ2) is 11.1. The molecule has 4 aromatic rings. The van der Waals surface area contributed by atoms with Gasteiger partial charge in [0.2, 0.25) is 0 Å². The molecule has 5 nitrogen and oxygen atoms in total. The Morgan fingerprint density at radius 2 is 1.62 bits per heavy atom. The average Bonchev–Trinajstić information content (AvgIpc) is 2.80. The van der Waals surface area contributed by atoms with Gasteiger partial charge < -0.3 is 4.74 Å². The average molecular weight is 468 g/mol. The largest absolute Gasteiger partial charge is 0.497 e. The van der Waals surface area contributed by atoms with Crippen LogP contribution in [-0.4, -0.2) is 27.1 Å². The van der Waals surface area contributed by atoms with Gasteiger partial charge in [-0.05, 0) is 68.4 Å². The Hall–Kier alpha value is -2.87. The highest BCUT2D eigenvalue weighted by atomic mass is 32.2. The van der Waals surface area contributed by atoms with E-state index in [0.29, 0.717) is 0 Å². The number of fused-ring (bicyclic) bond motifs is 1. The summed E-state index contributed by atoms with van der Waals surface area (Å²) in [4.78, 5) is 6.06. The lowest BCUT2D eigenvalue weighted by molar-refractivity contribution is 0.338. The minimum Gasteiger partial charge on any atom is -0.497 e. The Balaban J connectivity index is 0.000000195. The van der Waals surface area contributed by atoms with Crippen LogP contribution in [0.1, 0.15) is 12.5 Å². The molecule has 0 bridgehead atoms. The van der Waals surface area contributed by atoms with Gasteiger partial charge in [0.05, 0.1) is 24.1 Å². The van der Waals surface area contributed by atoms with Gasteiger partial charge in [-0.3, -0.25) is 4.18 Å². The lowest BCUT2D eigenvalue weighted by atomic mass is 10.2. The summed E-state index contributed by atoms with van der Waals surface area (Å²) in [5.41, 5.74) is 2.01. The van der Waals surface area contributed by atoms with Crippen molar-refractivity contribution in [2.45, 2.75) is 28.7 Å². The fourth-order valence-electron chi connectivity index (χ4n) is 2.81. The molecule has 0 unspecified atom stereocenters. The van der Waals surface area contributed by atoms with E-state index in [9.17, 15) is 8.42 Å². The maximum atomic E-state index is 11.3. The van der Waals surface area contributed by atoms with Gasteiger partial charge in [-0.25, -0.2) is 4.98 Å². The lowest BCUT2D eigenvalue weighted by Crippen LogP contribution is -2.05. The SMILES string of the molecule is CCOS(=O)(=O)c1ccc(C)cc1.COc1ccc2nc(Sc3ccccc3)ccc2c1. The molecule has 0 saturated heterocycles. The molecule has 4 rings (SSSR count). The maximum Gasteiger partial charge on any atom is 0.296 e. The van der Waals surface area contributed by atoms with Crippen LogP contribution in [0.3, 0.4) is 0 Å². The maximum absolute atomic E-state index is 11.3. The van der Waals surface area contributed by atoms with E-state index in [1.807, 2.05) is 49.4 Å². The van der Waals surface area contributed by atoms with Crippen LogP contribution in [0.25, 0.3) is 10.9 Å². The standard InChI is InChI=1S/C16H13NOS.C9H12O3S/c1-18-13-8-9-15-12(11-13)7-10-16(17-15)19-14-5-3-2-4-6-14;1-3-12-13(10,11)9-6-4-8(2)5-7-9/h2-11H,1H3;4-7H,3H2,1-2H3. The van der Waals surface area contributed by atoms with Crippen LogP contribution in [0.15, 0.2) is 99.7 Å². The highest BCUT2D eigenvalue weighted by Crippen LogP contribution is 2.28. The van der Waals surface area contributed by atoms with Crippen molar-refractivity contribution < 1.29 is 17.3 Å². The Labute approximate surface area is 193 Å². The second-order valence-corrected chi connectivity index (χ2v) is 9.51. The quantitative estimate of drug-likeness (QED) is 0.319. The highest BCUT2D eigenvalue weighted by molar-refractivity contribution is 7.99. The number of hydrogen-bond acceptors (Lipinski definition) is 6. The molecule has 166 valence electrons. The molecule has 3 aromatic carbocycles. The first-order chi connectivity index (χ1) is 15.4. The normalized spacial score (nSPS) is 11.0. The number of hydrogen-bond donors (Lipinski definition) is 0. The van der Waals surface area contributed by atoms with Crippen molar-refractivity contribution in [3.63, 3.8) is 0 Å². The predicted molar refractivity (Wildman–Crippen MR) is 129 cm³/mol. The van der Waals surface area contributed by atoms with E-state index in [4.69, 9.17) is 4.74 Å². The summed E-state index contributed by atoms with van der Waals surface area (Å²) >= 11 is 1.67. The number of rotatable bonds is 6. The Morgan fingerprint density at radius 3 is 2.28 bits per heavy atom. The van der Waals surface area contributed by atoms with Crippen LogP contribution in [0.5, 0.6) is 5.75 Å². The van der Waals surface area contributed by atoms with Gasteiger partial charge in [-0.15, -0.1) is 0 Å². The van der Waals surface area contributed by atoms with E-state index in [2.05, 4.69) is 27.4 Å². The molecule has 0 amide bonds. The van der Waals surface area contributed by atoms with E-state index in [1.165, 1.54) is 4.90 Å². The van der Waals surface area contributed by atoms with Gasteiger partial charge in [-0.2, -0.15) is 8.42 Å². The van der Waals surface area contributed by atoms with Crippen molar-refractivity contribution in [1.29, 1.82) is 0 Å². The predicted octanol–water partition coefficient (Wildman–Crippen LogP) is 6.11. The fraction of sp³-hybridized carbons (Fsp3) is 0.160. The zero-order valence-electron chi connectivity index (χ0n) is 18.2. The first-order valence-electron chi connectivity index (χ1n) is 10.0. The van der Waals surface area contributed by atoms with E-state index >= 15 is 0 Å². The van der Waals surface area contributed by atoms with E-state index < -0.39 is 10.1 Å². The van der Waals surface area contributed by atoms with Gasteiger partial charge in [0.25, 0.3) is 10.1 Å². The summed E-state index contributed by atoms with van der Waals surface area (Å²) in [6.45, 7) is 3.71. The molecule has 0 saturated carbocycles. The molecule has 0 radical (unpaired) electrons. The number of aromatic nitrogens is 1. The van der Waals surface area contributed by atoms with Crippen LogP contribution in [0.4, 0.5) is 0 Å². The third-order valence-electron chi connectivity index (χ3n) is 4.42. The van der Waals surface area contributed by atoms with Crippen molar-refractivity contribution in [3.8, 4) is 5.75 Å². The Morgan fingerprint density at radius 1 is 0.906 bits per heavy atom. The highest BCUT2D eigenvalue weighted by Gasteiger charge is 2.12. The smallest absolute Gasteiger partial charge is 0.296 e. The molecular weight excluding hydrogens is 442 g/mol. The summed E-state index contributed by atoms with van der Waals surface area (Å²) in [5.74, 6) is 0.859. The Kier molecular flexibility index (Phi) is 8.27. The first-order valence-corrected chi connectivity index (χ1v) is 12.3. The third kappa shape index (κ3) is 6.56. The van der Waals surface area contributed by atoms with Crippen molar-refractivity contribution in [1.82, 2.24) is 4.98 Å². The van der Waals surface area contributed by atoms with Crippen LogP contribution in [-0.2, 0) is 14.3 Å². The van der Waals surface area contributed by atoms with Crippen LogP contribution >= 0.6 is 11.8 Å². The number of ether oxygens (including phenoxy) is 1. The summed E-state index contributed by atoms with van der Waals surface area (Å²) in [6, 6.07) is 26.9. The molecule has 0 atom stereocenters. The summed E-state index contributed by atoms with van der Waals surface area (Å²) in [6.07, 6.45) is 0. The van der Waals surface area contributed by atoms with Gasteiger partial charge >= 0.3 is 0 Å². The minimum atomic E-state index is -3.53. The van der Waals surface area contributed by atoms with Gasteiger partial charge in [-0.1, -0.05) is 47.7 Å². The summed E-state index contributed by atoms with van der Waals surface area (Å²) in [5, 5.41) is 2.10. The molecule has 7 heteroatoms. The van der Waals surface area contributed by atoms with E-state index in [1.54, 1.807) is 50.1 Å². The third-order valence-corrected chi connectivity index (χ3v) is 6.76. The number of benzene rings is 3. The molecule has 0 aliphatic carbocycles. The van der Waals surface area contributed by atoms with Crippen molar-refractivity contribution in [2.24, 2.45) is 0 Å². The van der Waals surface area contributed by atoms with Gasteiger partial charge in [0.15, 0.2) is 0 Å². The lowest BCUT2D eigenvalue weighted by Gasteiger charge is -2.04. The Bertz CT molecular complexity index is 1260. The molecule has 0 aliphatic rings. The molecule has 0 spiro atoms. The van der Waals surface area contributed by atoms with Crippen LogP contribution < -0.4 is 4.74 Å². The van der Waals surface area contributed by atoms with Crippen molar-refractivity contribution in [2.75, 3.05) is 13.7 Å². The van der Waals surface area contributed by atoms with Crippen LogP contribution in [0, 0.1) is 6.92 Å². The fourth-order valence-corrected chi connectivity index (χ4v) is 4.54. The molecule has 1 heterocycles.